The normalized spacial score (nSPS) is 10.9. The van der Waals surface area contributed by atoms with Gasteiger partial charge in [-0.25, -0.2) is 20.8 Å². The Kier molecular flexibility index (Phi) is 4.19. The molecule has 7 heteroatoms. The van der Waals surface area contributed by atoms with Gasteiger partial charge in [-0.1, -0.05) is 13.8 Å². The van der Waals surface area contributed by atoms with Gasteiger partial charge in [0.15, 0.2) is 0 Å². The first-order valence-electron chi connectivity index (χ1n) is 6.53. The molecule has 0 aliphatic heterocycles. The second kappa shape index (κ2) is 5.87. The van der Waals surface area contributed by atoms with Gasteiger partial charge >= 0.3 is 0 Å². The number of anilines is 2. The van der Waals surface area contributed by atoms with Crippen LogP contribution in [0.15, 0.2) is 18.7 Å². The fourth-order valence-corrected chi connectivity index (χ4v) is 2.17. The number of rotatable bonds is 5. The van der Waals surface area contributed by atoms with Crippen molar-refractivity contribution < 1.29 is 0 Å². The molecule has 0 radical (unpaired) electrons. The van der Waals surface area contributed by atoms with Gasteiger partial charge in [0, 0.05) is 32.1 Å². The van der Waals surface area contributed by atoms with Crippen molar-refractivity contribution in [1.82, 2.24) is 19.5 Å². The first-order chi connectivity index (χ1) is 9.54. The Morgan fingerprint density at radius 3 is 2.65 bits per heavy atom. The summed E-state index contributed by atoms with van der Waals surface area (Å²) in [7, 11) is 3.97. The number of hydrazine groups is 1. The largest absolute Gasteiger partial charge is 0.352 e. The molecule has 2 rings (SSSR count). The highest BCUT2D eigenvalue weighted by Gasteiger charge is 2.18. The van der Waals surface area contributed by atoms with Gasteiger partial charge in [-0.3, -0.25) is 0 Å². The minimum absolute atomic E-state index is 0.265. The number of nitrogens with two attached hydrogens (primary N) is 1. The van der Waals surface area contributed by atoms with E-state index in [9.17, 15) is 0 Å². The topological polar surface area (TPSA) is 84.9 Å². The zero-order chi connectivity index (χ0) is 14.7. The van der Waals surface area contributed by atoms with Crippen LogP contribution in [0.5, 0.6) is 0 Å². The highest BCUT2D eigenvalue weighted by molar-refractivity contribution is 5.59. The SMILES string of the molecule is CC(C)c1c(NN)ncnc1N(C)Cc1nccn1C. The van der Waals surface area contributed by atoms with E-state index in [1.807, 2.05) is 24.9 Å². The molecule has 0 amide bonds. The van der Waals surface area contributed by atoms with Crippen molar-refractivity contribution in [2.45, 2.75) is 26.3 Å². The molecule has 0 bridgehead atoms. The van der Waals surface area contributed by atoms with Crippen molar-refractivity contribution in [3.05, 3.63) is 30.1 Å². The Hall–Kier alpha value is -2.15. The first kappa shape index (κ1) is 14.3. The van der Waals surface area contributed by atoms with E-state index in [4.69, 9.17) is 5.84 Å². The average molecular weight is 275 g/mol. The number of aryl methyl sites for hydroxylation is 1. The maximum atomic E-state index is 5.54. The van der Waals surface area contributed by atoms with Crippen molar-refractivity contribution in [3.8, 4) is 0 Å². The fourth-order valence-electron chi connectivity index (χ4n) is 2.17. The van der Waals surface area contributed by atoms with Crippen molar-refractivity contribution in [2.75, 3.05) is 17.4 Å². The second-order valence-corrected chi connectivity index (χ2v) is 5.07. The molecule has 0 saturated heterocycles. The van der Waals surface area contributed by atoms with Gasteiger partial charge in [0.1, 0.15) is 23.8 Å². The molecular formula is C13H21N7. The lowest BCUT2D eigenvalue weighted by Crippen LogP contribution is -2.23. The smallest absolute Gasteiger partial charge is 0.148 e. The summed E-state index contributed by atoms with van der Waals surface area (Å²) in [5.41, 5.74) is 3.65. The van der Waals surface area contributed by atoms with E-state index in [1.165, 1.54) is 6.33 Å². The van der Waals surface area contributed by atoms with E-state index in [0.717, 1.165) is 17.2 Å². The summed E-state index contributed by atoms with van der Waals surface area (Å²) in [6, 6.07) is 0. The number of hydrogen-bond donors (Lipinski definition) is 2. The monoisotopic (exact) mass is 275 g/mol. The summed E-state index contributed by atoms with van der Waals surface area (Å²) in [5.74, 6) is 8.31. The van der Waals surface area contributed by atoms with Crippen LogP contribution in [0.25, 0.3) is 0 Å². The van der Waals surface area contributed by atoms with E-state index in [1.54, 1.807) is 6.20 Å². The molecule has 0 fully saturated rings. The van der Waals surface area contributed by atoms with Gasteiger partial charge in [0.25, 0.3) is 0 Å². The Morgan fingerprint density at radius 1 is 1.35 bits per heavy atom. The molecular weight excluding hydrogens is 254 g/mol. The zero-order valence-corrected chi connectivity index (χ0v) is 12.3. The lowest BCUT2D eigenvalue weighted by Gasteiger charge is -2.23. The molecule has 0 unspecified atom stereocenters. The van der Waals surface area contributed by atoms with Gasteiger partial charge in [-0.2, -0.15) is 0 Å². The molecule has 0 aliphatic carbocycles. The molecule has 0 atom stereocenters. The second-order valence-electron chi connectivity index (χ2n) is 5.07. The molecule has 0 saturated carbocycles. The van der Waals surface area contributed by atoms with Crippen LogP contribution in [0, 0.1) is 0 Å². The molecule has 20 heavy (non-hydrogen) atoms. The minimum atomic E-state index is 0.265. The zero-order valence-electron chi connectivity index (χ0n) is 12.3. The van der Waals surface area contributed by atoms with Crippen molar-refractivity contribution in [2.24, 2.45) is 12.9 Å². The molecule has 0 aromatic carbocycles. The van der Waals surface area contributed by atoms with Gasteiger partial charge < -0.3 is 14.9 Å². The Balaban J connectivity index is 2.34. The van der Waals surface area contributed by atoms with Crippen LogP contribution < -0.4 is 16.2 Å². The number of aromatic nitrogens is 4. The molecule has 2 aromatic heterocycles. The number of imidazole rings is 1. The number of nitrogen functional groups attached to an aromatic ring is 1. The van der Waals surface area contributed by atoms with Crippen molar-refractivity contribution in [1.29, 1.82) is 0 Å². The minimum Gasteiger partial charge on any atom is -0.352 e. The molecule has 108 valence electrons. The van der Waals surface area contributed by atoms with E-state index in [0.29, 0.717) is 12.4 Å². The fraction of sp³-hybridized carbons (Fsp3) is 0.462. The lowest BCUT2D eigenvalue weighted by molar-refractivity contribution is 0.742. The Labute approximate surface area is 118 Å². The summed E-state index contributed by atoms with van der Waals surface area (Å²) < 4.78 is 1.99. The Bertz CT molecular complexity index is 576. The molecule has 2 aromatic rings. The molecule has 7 nitrogen and oxygen atoms in total. The molecule has 2 heterocycles. The maximum Gasteiger partial charge on any atom is 0.148 e. The van der Waals surface area contributed by atoms with Gasteiger partial charge in [-0.05, 0) is 5.92 Å². The van der Waals surface area contributed by atoms with Gasteiger partial charge in [-0.15, -0.1) is 0 Å². The quantitative estimate of drug-likeness (QED) is 0.631. The highest BCUT2D eigenvalue weighted by Crippen LogP contribution is 2.30. The summed E-state index contributed by atoms with van der Waals surface area (Å²) in [4.78, 5) is 15.0. The van der Waals surface area contributed by atoms with Crippen LogP contribution in [0.2, 0.25) is 0 Å². The van der Waals surface area contributed by atoms with Gasteiger partial charge in [0.2, 0.25) is 0 Å². The van der Waals surface area contributed by atoms with Crippen molar-refractivity contribution >= 4 is 11.6 Å². The summed E-state index contributed by atoms with van der Waals surface area (Å²) in [5, 5.41) is 0. The standard InChI is InChI=1S/C13H21N7/c1-9(2)11-12(18-14)16-8-17-13(11)20(4)7-10-15-5-6-19(10)3/h5-6,8-9H,7,14H2,1-4H3,(H,16,17,18). The molecule has 0 spiro atoms. The lowest BCUT2D eigenvalue weighted by atomic mass is 10.0. The summed E-state index contributed by atoms with van der Waals surface area (Å²) in [6.45, 7) is 4.86. The molecule has 3 N–H and O–H groups in total. The van der Waals surface area contributed by atoms with E-state index >= 15 is 0 Å². The first-order valence-corrected chi connectivity index (χ1v) is 6.53. The van der Waals surface area contributed by atoms with E-state index < -0.39 is 0 Å². The van der Waals surface area contributed by atoms with E-state index in [-0.39, 0.29) is 5.92 Å². The van der Waals surface area contributed by atoms with Crippen LogP contribution in [-0.2, 0) is 13.6 Å². The highest BCUT2D eigenvalue weighted by atomic mass is 15.3. The van der Waals surface area contributed by atoms with E-state index in [2.05, 4.69) is 39.1 Å². The summed E-state index contributed by atoms with van der Waals surface area (Å²) in [6.07, 6.45) is 5.24. The van der Waals surface area contributed by atoms with Crippen LogP contribution >= 0.6 is 0 Å². The predicted molar refractivity (Wildman–Crippen MR) is 79.2 cm³/mol. The maximum absolute atomic E-state index is 5.54. The average Bonchev–Trinajstić information content (AvgIpc) is 2.83. The number of nitrogens with zero attached hydrogens (tertiary/aromatic N) is 5. The third-order valence-electron chi connectivity index (χ3n) is 3.24. The van der Waals surface area contributed by atoms with Crippen molar-refractivity contribution in [3.63, 3.8) is 0 Å². The van der Waals surface area contributed by atoms with Crippen LogP contribution in [0.3, 0.4) is 0 Å². The Morgan fingerprint density at radius 2 is 2.10 bits per heavy atom. The number of nitrogens with one attached hydrogen (secondary N) is 1. The third kappa shape index (κ3) is 2.72. The predicted octanol–water partition coefficient (Wildman–Crippen LogP) is 1.26. The third-order valence-corrected chi connectivity index (χ3v) is 3.24. The van der Waals surface area contributed by atoms with Crippen LogP contribution in [0.1, 0.15) is 31.2 Å². The summed E-state index contributed by atoms with van der Waals surface area (Å²) >= 11 is 0. The number of hydrogen-bond acceptors (Lipinski definition) is 6. The van der Waals surface area contributed by atoms with Gasteiger partial charge in [0.05, 0.1) is 6.54 Å². The van der Waals surface area contributed by atoms with Crippen LogP contribution in [0.4, 0.5) is 11.6 Å². The molecule has 0 aliphatic rings. The van der Waals surface area contributed by atoms with Crippen LogP contribution in [-0.4, -0.2) is 26.6 Å².